The monoisotopic (exact) mass is 382 g/mol. The Balaban J connectivity index is 1.65. The fraction of sp³-hybridized carbons (Fsp3) is 0.0500. The number of amides is 1. The van der Waals surface area contributed by atoms with E-state index in [-0.39, 0.29) is 11.6 Å². The predicted molar refractivity (Wildman–Crippen MR) is 103 cm³/mol. The summed E-state index contributed by atoms with van der Waals surface area (Å²) in [6.45, 7) is 0.327. The van der Waals surface area contributed by atoms with E-state index in [0.29, 0.717) is 28.6 Å². The summed E-state index contributed by atoms with van der Waals surface area (Å²) in [7, 11) is 0. The van der Waals surface area contributed by atoms with Crippen LogP contribution >= 0.6 is 11.6 Å². The molecule has 6 nitrogen and oxygen atoms in total. The molecule has 0 aromatic heterocycles. The highest BCUT2D eigenvalue weighted by Gasteiger charge is 2.09. The van der Waals surface area contributed by atoms with E-state index < -0.39 is 4.92 Å². The zero-order valence-corrected chi connectivity index (χ0v) is 14.8. The minimum Gasteiger partial charge on any atom is -0.489 e. The lowest BCUT2D eigenvalue weighted by Gasteiger charge is -2.09. The Morgan fingerprint density at radius 1 is 1.04 bits per heavy atom. The molecule has 0 fully saturated rings. The van der Waals surface area contributed by atoms with Crippen molar-refractivity contribution >= 4 is 28.9 Å². The van der Waals surface area contributed by atoms with Gasteiger partial charge in [0.1, 0.15) is 12.4 Å². The van der Waals surface area contributed by atoms with E-state index in [1.54, 1.807) is 30.3 Å². The van der Waals surface area contributed by atoms with Crippen molar-refractivity contribution < 1.29 is 14.5 Å². The van der Waals surface area contributed by atoms with Gasteiger partial charge in [-0.15, -0.1) is 0 Å². The number of hydrogen-bond donors (Lipinski definition) is 1. The highest BCUT2D eigenvalue weighted by Crippen LogP contribution is 2.19. The van der Waals surface area contributed by atoms with Crippen molar-refractivity contribution in [1.29, 1.82) is 0 Å². The van der Waals surface area contributed by atoms with Crippen LogP contribution in [0, 0.1) is 10.1 Å². The van der Waals surface area contributed by atoms with E-state index in [1.807, 2.05) is 18.2 Å². The van der Waals surface area contributed by atoms with Crippen LogP contribution in [0.2, 0.25) is 5.02 Å². The average Bonchev–Trinajstić information content (AvgIpc) is 2.67. The van der Waals surface area contributed by atoms with Crippen molar-refractivity contribution in [3.8, 4) is 5.75 Å². The van der Waals surface area contributed by atoms with Gasteiger partial charge in [-0.25, -0.2) is 0 Å². The van der Waals surface area contributed by atoms with Crippen LogP contribution in [0.1, 0.15) is 15.9 Å². The van der Waals surface area contributed by atoms with Crippen LogP contribution in [0.15, 0.2) is 72.8 Å². The molecule has 0 saturated carbocycles. The zero-order chi connectivity index (χ0) is 19.2. The number of hydrogen-bond acceptors (Lipinski definition) is 4. The second-order valence-corrected chi connectivity index (χ2v) is 6.14. The molecule has 1 N–H and O–H groups in total. The van der Waals surface area contributed by atoms with Crippen LogP contribution in [-0.2, 0) is 6.61 Å². The van der Waals surface area contributed by atoms with Gasteiger partial charge in [0.05, 0.1) is 4.92 Å². The van der Waals surface area contributed by atoms with E-state index in [2.05, 4.69) is 5.32 Å². The van der Waals surface area contributed by atoms with Gasteiger partial charge in [0.15, 0.2) is 0 Å². The molecule has 136 valence electrons. The Morgan fingerprint density at radius 2 is 1.78 bits per heavy atom. The molecule has 0 unspecified atom stereocenters. The summed E-state index contributed by atoms with van der Waals surface area (Å²) in [4.78, 5) is 22.6. The molecule has 3 rings (SSSR count). The lowest BCUT2D eigenvalue weighted by molar-refractivity contribution is -0.384. The maximum atomic E-state index is 12.4. The normalized spacial score (nSPS) is 10.3. The summed E-state index contributed by atoms with van der Waals surface area (Å²) in [5, 5.41) is 14.0. The van der Waals surface area contributed by atoms with Gasteiger partial charge >= 0.3 is 0 Å². The van der Waals surface area contributed by atoms with Crippen molar-refractivity contribution in [3.63, 3.8) is 0 Å². The average molecular weight is 383 g/mol. The number of carbonyl (C=O) groups excluding carboxylic acids is 1. The molecular weight excluding hydrogens is 368 g/mol. The van der Waals surface area contributed by atoms with Gasteiger partial charge in [0.25, 0.3) is 11.6 Å². The number of halogens is 1. The minimum atomic E-state index is -0.494. The molecule has 0 aliphatic rings. The van der Waals surface area contributed by atoms with Crippen LogP contribution in [0.5, 0.6) is 5.75 Å². The minimum absolute atomic E-state index is 0.0376. The van der Waals surface area contributed by atoms with E-state index in [1.165, 1.54) is 24.3 Å². The standard InChI is InChI=1S/C20H15ClN2O4/c21-16-5-1-3-14(11-16)13-27-19-6-2-4-15(12-19)20(24)22-17-7-9-18(10-8-17)23(25)26/h1-12H,13H2,(H,22,24). The molecule has 0 radical (unpaired) electrons. The lowest BCUT2D eigenvalue weighted by atomic mass is 10.2. The number of benzene rings is 3. The first-order valence-corrected chi connectivity index (χ1v) is 8.42. The van der Waals surface area contributed by atoms with Gasteiger partial charge in [0, 0.05) is 28.4 Å². The number of carbonyl (C=O) groups is 1. The third-order valence-corrected chi connectivity index (χ3v) is 3.96. The lowest BCUT2D eigenvalue weighted by Crippen LogP contribution is -2.12. The molecule has 0 aliphatic carbocycles. The van der Waals surface area contributed by atoms with Crippen LogP contribution in [0.4, 0.5) is 11.4 Å². The zero-order valence-electron chi connectivity index (χ0n) is 14.1. The Labute approximate surface area is 160 Å². The Bertz CT molecular complexity index is 974. The number of nitro groups is 1. The summed E-state index contributed by atoms with van der Waals surface area (Å²) in [6, 6.07) is 19.7. The topological polar surface area (TPSA) is 81.5 Å². The van der Waals surface area contributed by atoms with Gasteiger partial charge in [-0.3, -0.25) is 14.9 Å². The molecule has 0 bridgehead atoms. The summed E-state index contributed by atoms with van der Waals surface area (Å²) >= 11 is 5.95. The van der Waals surface area contributed by atoms with Gasteiger partial charge in [-0.2, -0.15) is 0 Å². The molecule has 0 saturated heterocycles. The number of nitrogens with zero attached hydrogens (tertiary/aromatic N) is 1. The van der Waals surface area contributed by atoms with E-state index in [4.69, 9.17) is 16.3 Å². The molecule has 3 aromatic carbocycles. The molecule has 7 heteroatoms. The first-order valence-electron chi connectivity index (χ1n) is 8.04. The third-order valence-electron chi connectivity index (χ3n) is 3.73. The van der Waals surface area contributed by atoms with Crippen LogP contribution in [-0.4, -0.2) is 10.8 Å². The molecule has 27 heavy (non-hydrogen) atoms. The van der Waals surface area contributed by atoms with Crippen LogP contribution in [0.3, 0.4) is 0 Å². The first-order chi connectivity index (χ1) is 13.0. The maximum Gasteiger partial charge on any atom is 0.269 e. The van der Waals surface area contributed by atoms with Crippen molar-refractivity contribution in [2.75, 3.05) is 5.32 Å². The molecular formula is C20H15ClN2O4. The van der Waals surface area contributed by atoms with Crippen LogP contribution < -0.4 is 10.1 Å². The number of nitro benzene ring substituents is 1. The molecule has 1 amide bonds. The number of rotatable bonds is 6. The number of anilines is 1. The van der Waals surface area contributed by atoms with Gasteiger partial charge in [-0.05, 0) is 48.0 Å². The Kier molecular flexibility index (Phi) is 5.68. The molecule has 0 atom stereocenters. The van der Waals surface area contributed by atoms with E-state index in [9.17, 15) is 14.9 Å². The van der Waals surface area contributed by atoms with E-state index >= 15 is 0 Å². The highest BCUT2D eigenvalue weighted by atomic mass is 35.5. The number of non-ortho nitro benzene ring substituents is 1. The van der Waals surface area contributed by atoms with Gasteiger partial charge in [0.2, 0.25) is 0 Å². The fourth-order valence-electron chi connectivity index (χ4n) is 2.39. The molecule has 0 heterocycles. The molecule has 3 aromatic rings. The Morgan fingerprint density at radius 3 is 2.48 bits per heavy atom. The summed E-state index contributed by atoms with van der Waals surface area (Å²) < 4.78 is 5.72. The first kappa shape index (κ1) is 18.4. The second-order valence-electron chi connectivity index (χ2n) is 5.70. The van der Waals surface area contributed by atoms with Crippen LogP contribution in [0.25, 0.3) is 0 Å². The SMILES string of the molecule is O=C(Nc1ccc([N+](=O)[O-])cc1)c1cccc(OCc2cccc(Cl)c2)c1. The number of nitrogens with one attached hydrogen (secondary N) is 1. The molecule has 0 aliphatic heterocycles. The quantitative estimate of drug-likeness (QED) is 0.476. The van der Waals surface area contributed by atoms with Crippen molar-refractivity contribution in [3.05, 3.63) is 99.1 Å². The van der Waals surface area contributed by atoms with Gasteiger partial charge < -0.3 is 10.1 Å². The maximum absolute atomic E-state index is 12.4. The number of ether oxygens (including phenoxy) is 1. The summed E-state index contributed by atoms with van der Waals surface area (Å²) in [6.07, 6.45) is 0. The summed E-state index contributed by atoms with van der Waals surface area (Å²) in [5.74, 6) is 0.211. The largest absolute Gasteiger partial charge is 0.489 e. The summed E-state index contributed by atoms with van der Waals surface area (Å²) in [5.41, 5.74) is 1.76. The van der Waals surface area contributed by atoms with Crippen molar-refractivity contribution in [1.82, 2.24) is 0 Å². The van der Waals surface area contributed by atoms with Gasteiger partial charge in [-0.1, -0.05) is 29.8 Å². The fourth-order valence-corrected chi connectivity index (χ4v) is 2.60. The molecule has 0 spiro atoms. The van der Waals surface area contributed by atoms with Crippen molar-refractivity contribution in [2.45, 2.75) is 6.61 Å². The third kappa shape index (κ3) is 5.05. The van der Waals surface area contributed by atoms with Crippen molar-refractivity contribution in [2.24, 2.45) is 0 Å². The van der Waals surface area contributed by atoms with E-state index in [0.717, 1.165) is 5.56 Å². The highest BCUT2D eigenvalue weighted by molar-refractivity contribution is 6.30. The predicted octanol–water partition coefficient (Wildman–Crippen LogP) is 5.08. The Hall–Kier alpha value is -3.38. The smallest absolute Gasteiger partial charge is 0.269 e. The second kappa shape index (κ2) is 8.33.